The van der Waals surface area contributed by atoms with Gasteiger partial charge in [0.2, 0.25) is 15.9 Å². The first-order valence-corrected chi connectivity index (χ1v) is 10.1. The maximum Gasteiger partial charge on any atom is 0.241 e. The number of ether oxygens (including phenoxy) is 1. The molecule has 1 N–H and O–H groups in total. The Morgan fingerprint density at radius 1 is 0.926 bits per heavy atom. The van der Waals surface area contributed by atoms with Crippen LogP contribution in [-0.2, 0) is 16.6 Å². The van der Waals surface area contributed by atoms with E-state index >= 15 is 0 Å². The van der Waals surface area contributed by atoms with E-state index < -0.39 is 10.0 Å². The second-order valence-corrected chi connectivity index (χ2v) is 8.18. The van der Waals surface area contributed by atoms with E-state index in [0.717, 1.165) is 22.3 Å². The van der Waals surface area contributed by atoms with Crippen LogP contribution in [0.1, 0.15) is 22.3 Å². The number of rotatable bonds is 6. The van der Waals surface area contributed by atoms with Crippen molar-refractivity contribution in [1.29, 1.82) is 0 Å². The van der Waals surface area contributed by atoms with Crippen LogP contribution in [-0.4, -0.2) is 13.4 Å². The van der Waals surface area contributed by atoms with Crippen molar-refractivity contribution in [3.63, 3.8) is 0 Å². The van der Waals surface area contributed by atoms with Gasteiger partial charge in [-0.15, -0.1) is 0 Å². The van der Waals surface area contributed by atoms with Crippen molar-refractivity contribution in [2.75, 3.05) is 0 Å². The fraction of sp³-hybridized carbons (Fsp3) is 0.190. The topological polar surface area (TPSA) is 68.3 Å². The molecular formula is C21H22N2O3S. The minimum Gasteiger partial charge on any atom is -0.439 e. The molecule has 1 heterocycles. The van der Waals surface area contributed by atoms with Crippen molar-refractivity contribution in [1.82, 2.24) is 9.71 Å². The third-order valence-corrected chi connectivity index (χ3v) is 5.85. The molecule has 0 aliphatic carbocycles. The van der Waals surface area contributed by atoms with E-state index in [2.05, 4.69) is 9.71 Å². The van der Waals surface area contributed by atoms with Gasteiger partial charge in [-0.3, -0.25) is 0 Å². The molecule has 0 fully saturated rings. The van der Waals surface area contributed by atoms with Crippen molar-refractivity contribution >= 4 is 10.0 Å². The number of nitrogens with one attached hydrogen (secondary N) is 1. The van der Waals surface area contributed by atoms with Crippen molar-refractivity contribution < 1.29 is 13.2 Å². The molecule has 0 aliphatic rings. The highest BCUT2D eigenvalue weighted by atomic mass is 32.2. The van der Waals surface area contributed by atoms with E-state index in [1.54, 1.807) is 30.5 Å². The fourth-order valence-corrected chi connectivity index (χ4v) is 4.05. The van der Waals surface area contributed by atoms with Gasteiger partial charge in [0.1, 0.15) is 5.75 Å². The Morgan fingerprint density at radius 3 is 2.44 bits per heavy atom. The lowest BCUT2D eigenvalue weighted by molar-refractivity contribution is 0.462. The summed E-state index contributed by atoms with van der Waals surface area (Å²) in [5.74, 6) is 1.09. The van der Waals surface area contributed by atoms with E-state index in [1.165, 1.54) is 0 Å². The smallest absolute Gasteiger partial charge is 0.241 e. The second kappa shape index (κ2) is 7.90. The van der Waals surface area contributed by atoms with E-state index in [1.807, 2.05) is 51.1 Å². The molecule has 0 unspecified atom stereocenters. The lowest BCUT2D eigenvalue weighted by Gasteiger charge is -2.12. The maximum atomic E-state index is 12.7. The third-order valence-electron chi connectivity index (χ3n) is 4.31. The highest BCUT2D eigenvalue weighted by molar-refractivity contribution is 7.89. The second-order valence-electron chi connectivity index (χ2n) is 6.44. The number of benzene rings is 2. The first-order valence-electron chi connectivity index (χ1n) is 8.60. The summed E-state index contributed by atoms with van der Waals surface area (Å²) in [5, 5.41) is 0. The predicted molar refractivity (Wildman–Crippen MR) is 105 cm³/mol. The molecule has 0 saturated heterocycles. The van der Waals surface area contributed by atoms with E-state index in [4.69, 9.17) is 4.74 Å². The molecule has 0 bridgehead atoms. The normalized spacial score (nSPS) is 11.4. The molecule has 140 valence electrons. The zero-order chi connectivity index (χ0) is 19.4. The van der Waals surface area contributed by atoms with Gasteiger partial charge >= 0.3 is 0 Å². The predicted octanol–water partition coefficient (Wildman–Crippen LogP) is 4.28. The van der Waals surface area contributed by atoms with Gasteiger partial charge in [0.25, 0.3) is 0 Å². The van der Waals surface area contributed by atoms with Crippen molar-refractivity contribution in [2.45, 2.75) is 32.2 Å². The quantitative estimate of drug-likeness (QED) is 0.691. The molecule has 3 aromatic rings. The van der Waals surface area contributed by atoms with Crippen molar-refractivity contribution in [2.24, 2.45) is 0 Å². The zero-order valence-electron chi connectivity index (χ0n) is 15.6. The molecule has 0 spiro atoms. The fourth-order valence-electron chi connectivity index (χ4n) is 2.73. The summed E-state index contributed by atoms with van der Waals surface area (Å²) < 4.78 is 33.8. The summed E-state index contributed by atoms with van der Waals surface area (Å²) in [4.78, 5) is 4.43. The summed E-state index contributed by atoms with van der Waals surface area (Å²) in [7, 11) is -3.60. The minimum atomic E-state index is -3.60. The van der Waals surface area contributed by atoms with Gasteiger partial charge in [0, 0.05) is 18.8 Å². The van der Waals surface area contributed by atoms with Crippen LogP contribution >= 0.6 is 0 Å². The van der Waals surface area contributed by atoms with Crippen LogP contribution in [0.2, 0.25) is 0 Å². The van der Waals surface area contributed by atoms with Crippen LogP contribution in [0.15, 0.2) is 65.7 Å². The van der Waals surface area contributed by atoms with Gasteiger partial charge in [0.05, 0.1) is 4.90 Å². The number of hydrogen-bond acceptors (Lipinski definition) is 4. The van der Waals surface area contributed by atoms with Gasteiger partial charge in [0.15, 0.2) is 0 Å². The summed E-state index contributed by atoms with van der Waals surface area (Å²) in [6.07, 6.45) is 1.65. The molecule has 0 saturated carbocycles. The van der Waals surface area contributed by atoms with Gasteiger partial charge in [-0.2, -0.15) is 0 Å². The van der Waals surface area contributed by atoms with Crippen molar-refractivity contribution in [3.05, 3.63) is 83.0 Å². The lowest BCUT2D eigenvalue weighted by atomic mass is 10.1. The maximum absolute atomic E-state index is 12.7. The molecule has 27 heavy (non-hydrogen) atoms. The number of aromatic nitrogens is 1. The van der Waals surface area contributed by atoms with Crippen LogP contribution in [0, 0.1) is 20.8 Å². The molecule has 0 aliphatic heterocycles. The average molecular weight is 382 g/mol. The standard InChI is InChI=1S/C21H22N2O3S/c1-15-11-17(3)20(12-16(15)2)27(24,25)23-14-18-7-6-8-19(13-18)26-21-9-4-5-10-22-21/h4-13,23H,14H2,1-3H3. The first-order chi connectivity index (χ1) is 12.8. The number of pyridine rings is 1. The summed E-state index contributed by atoms with van der Waals surface area (Å²) in [5.41, 5.74) is 3.56. The molecule has 0 radical (unpaired) electrons. The molecule has 2 aromatic carbocycles. The Labute approximate surface area is 160 Å². The zero-order valence-corrected chi connectivity index (χ0v) is 16.4. The highest BCUT2D eigenvalue weighted by Crippen LogP contribution is 2.22. The van der Waals surface area contributed by atoms with Crippen LogP contribution in [0.4, 0.5) is 0 Å². The number of aryl methyl sites for hydroxylation is 3. The van der Waals surface area contributed by atoms with E-state index in [9.17, 15) is 8.42 Å². The SMILES string of the molecule is Cc1cc(C)c(S(=O)(=O)NCc2cccc(Oc3ccccn3)c2)cc1C. The minimum absolute atomic E-state index is 0.175. The lowest BCUT2D eigenvalue weighted by Crippen LogP contribution is -2.24. The Morgan fingerprint density at radius 2 is 1.70 bits per heavy atom. The van der Waals surface area contributed by atoms with Gasteiger partial charge in [-0.25, -0.2) is 18.1 Å². The van der Waals surface area contributed by atoms with Gasteiger partial charge < -0.3 is 4.74 Å². The molecular weight excluding hydrogens is 360 g/mol. The Hall–Kier alpha value is -2.70. The summed E-state index contributed by atoms with van der Waals surface area (Å²) in [6, 6.07) is 16.3. The average Bonchev–Trinajstić information content (AvgIpc) is 2.64. The highest BCUT2D eigenvalue weighted by Gasteiger charge is 2.17. The van der Waals surface area contributed by atoms with Gasteiger partial charge in [-0.1, -0.05) is 24.3 Å². The molecule has 5 nitrogen and oxygen atoms in total. The monoisotopic (exact) mass is 382 g/mol. The first kappa shape index (κ1) is 19.1. The van der Waals surface area contributed by atoms with Crippen LogP contribution in [0.5, 0.6) is 11.6 Å². The molecule has 0 amide bonds. The van der Waals surface area contributed by atoms with Crippen molar-refractivity contribution in [3.8, 4) is 11.6 Å². The summed E-state index contributed by atoms with van der Waals surface area (Å²) >= 11 is 0. The molecule has 1 aromatic heterocycles. The molecule has 0 atom stereocenters. The number of hydrogen-bond donors (Lipinski definition) is 1. The van der Waals surface area contributed by atoms with E-state index in [-0.39, 0.29) is 6.54 Å². The number of sulfonamides is 1. The Kier molecular flexibility index (Phi) is 5.58. The molecule has 3 rings (SSSR count). The number of nitrogens with zero attached hydrogens (tertiary/aromatic N) is 1. The van der Waals surface area contributed by atoms with Gasteiger partial charge in [-0.05, 0) is 67.3 Å². The van der Waals surface area contributed by atoms with Crippen LogP contribution < -0.4 is 9.46 Å². The Bertz CT molecular complexity index is 1050. The Balaban J connectivity index is 1.75. The van der Waals surface area contributed by atoms with Crippen LogP contribution in [0.3, 0.4) is 0 Å². The molecule has 6 heteroatoms. The third kappa shape index (κ3) is 4.72. The van der Waals surface area contributed by atoms with Crippen LogP contribution in [0.25, 0.3) is 0 Å². The van der Waals surface area contributed by atoms with E-state index in [0.29, 0.717) is 16.5 Å². The summed E-state index contributed by atoms with van der Waals surface area (Å²) in [6.45, 7) is 5.86. The largest absolute Gasteiger partial charge is 0.439 e.